The summed E-state index contributed by atoms with van der Waals surface area (Å²) in [5.41, 5.74) is 0.268. The van der Waals surface area contributed by atoms with Crippen LogP contribution in [-0.2, 0) is 22.5 Å². The van der Waals surface area contributed by atoms with Gasteiger partial charge in [0.15, 0.2) is 0 Å². The van der Waals surface area contributed by atoms with E-state index >= 15 is 0 Å². The van der Waals surface area contributed by atoms with Crippen molar-refractivity contribution in [3.05, 3.63) is 18.0 Å². The summed E-state index contributed by atoms with van der Waals surface area (Å²) in [6, 6.07) is 1.52. The zero-order valence-corrected chi connectivity index (χ0v) is 13.4. The average Bonchev–Trinajstić information content (AvgIpc) is 3.07. The molecule has 1 saturated heterocycles. The maximum absolute atomic E-state index is 12.3. The summed E-state index contributed by atoms with van der Waals surface area (Å²) in [4.78, 5) is 12.2. The first kappa shape index (κ1) is 17.3. The third kappa shape index (κ3) is 4.49. The molecule has 1 amide bonds. The van der Waals surface area contributed by atoms with E-state index in [4.69, 9.17) is 4.74 Å². The molecule has 1 aliphatic heterocycles. The van der Waals surface area contributed by atoms with Crippen molar-refractivity contribution in [1.29, 1.82) is 0 Å². The Kier molecular flexibility index (Phi) is 4.85. The van der Waals surface area contributed by atoms with Crippen molar-refractivity contribution in [3.8, 4) is 0 Å². The Labute approximate surface area is 138 Å². The Morgan fingerprint density at radius 2 is 2.17 bits per heavy atom. The van der Waals surface area contributed by atoms with Crippen LogP contribution in [0.4, 0.5) is 13.2 Å². The van der Waals surface area contributed by atoms with Crippen LogP contribution in [-0.4, -0.2) is 40.1 Å². The number of rotatable bonds is 4. The third-order valence-corrected chi connectivity index (χ3v) is 4.75. The van der Waals surface area contributed by atoms with Gasteiger partial charge < -0.3 is 10.1 Å². The van der Waals surface area contributed by atoms with Crippen molar-refractivity contribution in [2.24, 2.45) is 0 Å². The number of ether oxygens (including phenoxy) is 1. The second kappa shape index (κ2) is 6.74. The molecule has 24 heavy (non-hydrogen) atoms. The van der Waals surface area contributed by atoms with Crippen LogP contribution in [0.2, 0.25) is 0 Å². The molecule has 1 atom stereocenters. The molecular weight excluding hydrogens is 323 g/mol. The third-order valence-electron chi connectivity index (χ3n) is 4.75. The van der Waals surface area contributed by atoms with Gasteiger partial charge in [-0.05, 0) is 31.7 Å². The van der Waals surface area contributed by atoms with Gasteiger partial charge in [-0.3, -0.25) is 9.48 Å². The highest BCUT2D eigenvalue weighted by Gasteiger charge is 2.40. The molecule has 3 rings (SSSR count). The largest absolute Gasteiger partial charge is 0.408 e. The van der Waals surface area contributed by atoms with Crippen LogP contribution in [0.1, 0.15) is 44.2 Å². The molecule has 5 nitrogen and oxygen atoms in total. The summed E-state index contributed by atoms with van der Waals surface area (Å²) in [6.45, 7) is -0.498. The predicted octanol–water partition coefficient (Wildman–Crippen LogP) is 2.60. The van der Waals surface area contributed by atoms with E-state index in [-0.39, 0.29) is 24.0 Å². The van der Waals surface area contributed by atoms with Crippen molar-refractivity contribution >= 4 is 5.91 Å². The highest BCUT2D eigenvalue weighted by atomic mass is 19.4. The topological polar surface area (TPSA) is 56.2 Å². The molecule has 8 heteroatoms. The smallest absolute Gasteiger partial charge is 0.375 e. The van der Waals surface area contributed by atoms with E-state index in [0.717, 1.165) is 43.2 Å². The minimum absolute atomic E-state index is 0.00475. The molecule has 1 unspecified atom stereocenters. The summed E-state index contributed by atoms with van der Waals surface area (Å²) >= 11 is 0. The summed E-state index contributed by atoms with van der Waals surface area (Å²) in [7, 11) is 0. The Bertz CT molecular complexity index is 579. The molecule has 1 N–H and O–H groups in total. The Balaban J connectivity index is 1.50. The number of hydrogen-bond acceptors (Lipinski definition) is 3. The van der Waals surface area contributed by atoms with Gasteiger partial charge in [-0.25, -0.2) is 0 Å². The molecule has 1 saturated carbocycles. The van der Waals surface area contributed by atoms with E-state index in [1.54, 1.807) is 0 Å². The molecule has 1 spiro atoms. The van der Waals surface area contributed by atoms with Crippen LogP contribution in [0.15, 0.2) is 12.3 Å². The van der Waals surface area contributed by atoms with Gasteiger partial charge in [-0.15, -0.1) is 0 Å². The maximum atomic E-state index is 12.3. The van der Waals surface area contributed by atoms with Crippen LogP contribution < -0.4 is 5.32 Å². The van der Waals surface area contributed by atoms with Gasteiger partial charge in [0.25, 0.3) is 0 Å². The first-order valence-corrected chi connectivity index (χ1v) is 8.36. The van der Waals surface area contributed by atoms with E-state index in [1.807, 2.05) is 0 Å². The Morgan fingerprint density at radius 3 is 2.88 bits per heavy atom. The van der Waals surface area contributed by atoms with Crippen molar-refractivity contribution in [2.45, 2.75) is 69.3 Å². The number of nitrogens with zero attached hydrogens (tertiary/aromatic N) is 2. The van der Waals surface area contributed by atoms with E-state index in [1.165, 1.54) is 12.3 Å². The van der Waals surface area contributed by atoms with Crippen LogP contribution in [0, 0.1) is 0 Å². The lowest BCUT2D eigenvalue weighted by atomic mass is 9.89. The number of amides is 1. The quantitative estimate of drug-likeness (QED) is 0.913. The molecule has 1 aliphatic carbocycles. The first-order chi connectivity index (χ1) is 11.3. The van der Waals surface area contributed by atoms with Crippen molar-refractivity contribution in [1.82, 2.24) is 15.1 Å². The summed E-state index contributed by atoms with van der Waals surface area (Å²) in [5, 5.41) is 6.80. The van der Waals surface area contributed by atoms with Crippen molar-refractivity contribution in [3.63, 3.8) is 0 Å². The highest BCUT2D eigenvalue weighted by Crippen LogP contribution is 2.39. The lowest BCUT2D eigenvalue weighted by Crippen LogP contribution is -2.47. The van der Waals surface area contributed by atoms with E-state index in [0.29, 0.717) is 12.3 Å². The van der Waals surface area contributed by atoms with E-state index in [2.05, 4.69) is 10.4 Å². The van der Waals surface area contributed by atoms with Crippen LogP contribution >= 0.6 is 0 Å². The lowest BCUT2D eigenvalue weighted by Gasteiger charge is -2.38. The standard InChI is InChI=1S/C16H22F3N3O2/c17-16(18,19)11-22-7-3-12(21-22)9-14(23)20-13-4-8-24-15(10-13)5-1-2-6-15/h3,7,13H,1-2,4-6,8-11H2,(H,20,23). The minimum Gasteiger partial charge on any atom is -0.375 e. The minimum atomic E-state index is -4.32. The van der Waals surface area contributed by atoms with Crippen molar-refractivity contribution in [2.75, 3.05) is 6.61 Å². The summed E-state index contributed by atoms with van der Waals surface area (Å²) < 4.78 is 43.7. The zero-order valence-electron chi connectivity index (χ0n) is 13.4. The predicted molar refractivity (Wildman–Crippen MR) is 80.3 cm³/mol. The molecule has 1 aromatic rings. The summed E-state index contributed by atoms with van der Waals surface area (Å²) in [5.74, 6) is -0.202. The van der Waals surface area contributed by atoms with Gasteiger partial charge in [-0.2, -0.15) is 18.3 Å². The van der Waals surface area contributed by atoms with Gasteiger partial charge in [0, 0.05) is 18.8 Å². The normalized spacial score (nSPS) is 23.5. The molecule has 2 fully saturated rings. The number of halogens is 3. The average molecular weight is 345 g/mol. The Morgan fingerprint density at radius 1 is 1.42 bits per heavy atom. The number of hydrogen-bond donors (Lipinski definition) is 1. The fraction of sp³-hybridized carbons (Fsp3) is 0.750. The van der Waals surface area contributed by atoms with Gasteiger partial charge in [0.2, 0.25) is 5.91 Å². The maximum Gasteiger partial charge on any atom is 0.408 e. The molecule has 134 valence electrons. The van der Waals surface area contributed by atoms with Gasteiger partial charge in [0.1, 0.15) is 6.54 Å². The van der Waals surface area contributed by atoms with Crippen molar-refractivity contribution < 1.29 is 22.7 Å². The number of alkyl halides is 3. The van der Waals surface area contributed by atoms with Gasteiger partial charge >= 0.3 is 6.18 Å². The monoisotopic (exact) mass is 345 g/mol. The fourth-order valence-corrected chi connectivity index (χ4v) is 3.73. The molecule has 0 aromatic carbocycles. The summed E-state index contributed by atoms with van der Waals surface area (Å²) in [6.07, 6.45) is 2.94. The van der Waals surface area contributed by atoms with Crippen LogP contribution in [0.25, 0.3) is 0 Å². The fourth-order valence-electron chi connectivity index (χ4n) is 3.73. The lowest BCUT2D eigenvalue weighted by molar-refractivity contribution is -0.142. The molecule has 0 bridgehead atoms. The van der Waals surface area contributed by atoms with Gasteiger partial charge in [-0.1, -0.05) is 12.8 Å². The second-order valence-electron chi connectivity index (χ2n) is 6.79. The number of carbonyl (C=O) groups excluding carboxylic acids is 1. The number of nitrogens with one attached hydrogen (secondary N) is 1. The molecule has 1 aromatic heterocycles. The first-order valence-electron chi connectivity index (χ1n) is 8.36. The molecule has 0 radical (unpaired) electrons. The number of aromatic nitrogens is 2. The van der Waals surface area contributed by atoms with Crippen LogP contribution in [0.3, 0.4) is 0 Å². The molecule has 2 aliphatic rings. The van der Waals surface area contributed by atoms with Crippen LogP contribution in [0.5, 0.6) is 0 Å². The zero-order chi connectivity index (χ0) is 17.2. The molecule has 2 heterocycles. The van der Waals surface area contributed by atoms with Gasteiger partial charge in [0.05, 0.1) is 17.7 Å². The number of carbonyl (C=O) groups is 1. The van der Waals surface area contributed by atoms with E-state index in [9.17, 15) is 18.0 Å². The second-order valence-corrected chi connectivity index (χ2v) is 6.79. The van der Waals surface area contributed by atoms with E-state index < -0.39 is 12.7 Å². The highest BCUT2D eigenvalue weighted by molar-refractivity contribution is 5.78. The SMILES string of the molecule is O=C(Cc1ccn(CC(F)(F)F)n1)NC1CCOC2(CCCC2)C1. The Hall–Kier alpha value is -1.57. The molecular formula is C16H22F3N3O2.